The molecule has 0 amide bonds. The minimum Gasteiger partial charge on any atom is -0.415 e. The van der Waals surface area contributed by atoms with Gasteiger partial charge in [0.15, 0.2) is 0 Å². The molecule has 1 saturated heterocycles. The number of rotatable bonds is 6. The summed E-state index contributed by atoms with van der Waals surface area (Å²) < 4.78 is 11.7. The summed E-state index contributed by atoms with van der Waals surface area (Å²) in [6, 6.07) is 8.34. The highest BCUT2D eigenvalue weighted by Crippen LogP contribution is 2.19. The second-order valence-electron chi connectivity index (χ2n) is 7.33. The predicted octanol–water partition coefficient (Wildman–Crippen LogP) is 2.97. The highest BCUT2D eigenvalue weighted by atomic mass is 16.6. The van der Waals surface area contributed by atoms with Gasteiger partial charge in [-0.3, -0.25) is 9.28 Å². The zero-order valence-corrected chi connectivity index (χ0v) is 14.9. The van der Waals surface area contributed by atoms with E-state index in [1.807, 2.05) is 6.92 Å². The molecule has 0 saturated carbocycles. The quantitative estimate of drug-likeness (QED) is 0.597. The van der Waals surface area contributed by atoms with Crippen LogP contribution in [0, 0.1) is 5.92 Å². The molecule has 0 spiro atoms. The van der Waals surface area contributed by atoms with Gasteiger partial charge in [-0.2, -0.15) is 0 Å². The molecule has 0 radical (unpaired) electrons. The van der Waals surface area contributed by atoms with Gasteiger partial charge in [-0.15, -0.1) is 0 Å². The van der Waals surface area contributed by atoms with Gasteiger partial charge in [0.05, 0.1) is 26.2 Å². The Labute approximate surface area is 140 Å². The van der Waals surface area contributed by atoms with Crippen molar-refractivity contribution in [2.75, 3.05) is 40.1 Å². The van der Waals surface area contributed by atoms with Crippen LogP contribution in [-0.4, -0.2) is 50.5 Å². The molecule has 0 aliphatic carbocycles. The van der Waals surface area contributed by atoms with Crippen molar-refractivity contribution in [2.24, 2.45) is 5.92 Å². The zero-order chi connectivity index (χ0) is 16.9. The summed E-state index contributed by atoms with van der Waals surface area (Å²) in [6.45, 7) is 10.0. The van der Waals surface area contributed by atoms with Crippen LogP contribution >= 0.6 is 0 Å². The van der Waals surface area contributed by atoms with E-state index in [1.165, 1.54) is 5.56 Å². The van der Waals surface area contributed by atoms with Crippen molar-refractivity contribution in [1.29, 1.82) is 0 Å². The van der Waals surface area contributed by atoms with Crippen molar-refractivity contribution in [2.45, 2.75) is 33.1 Å². The molecule has 1 atom stereocenters. The standard InChI is InChI=1S/C19H30NO3/c1-15(2)13-17-5-7-18(8-6-17)16(3)19(21)23-14-20(4)9-11-22-12-10-20/h5-8,15-16H,9-14H2,1-4H3/q+1/t16-/m0/s1. The number of ether oxygens (including phenoxy) is 2. The SMILES string of the molecule is CC(C)Cc1ccc([C@H](C)C(=O)OC[N+]2(C)CCOCC2)cc1. The highest BCUT2D eigenvalue weighted by molar-refractivity contribution is 5.77. The maximum atomic E-state index is 12.3. The summed E-state index contributed by atoms with van der Waals surface area (Å²) in [5.74, 6) is 0.268. The van der Waals surface area contributed by atoms with Gasteiger partial charge < -0.3 is 9.47 Å². The molecule has 2 rings (SSSR count). The van der Waals surface area contributed by atoms with Gasteiger partial charge in [0.2, 0.25) is 6.73 Å². The van der Waals surface area contributed by atoms with E-state index in [9.17, 15) is 4.79 Å². The van der Waals surface area contributed by atoms with Crippen molar-refractivity contribution in [3.05, 3.63) is 35.4 Å². The molecule has 1 aliphatic rings. The molecule has 4 heteroatoms. The fourth-order valence-electron chi connectivity index (χ4n) is 2.81. The summed E-state index contributed by atoms with van der Waals surface area (Å²) in [6.07, 6.45) is 1.07. The van der Waals surface area contributed by atoms with E-state index in [2.05, 4.69) is 45.2 Å². The van der Waals surface area contributed by atoms with Gasteiger partial charge in [0.25, 0.3) is 0 Å². The number of carbonyl (C=O) groups excluding carboxylic acids is 1. The van der Waals surface area contributed by atoms with Crippen molar-refractivity contribution < 1.29 is 18.8 Å². The molecule has 0 N–H and O–H groups in total. The molecule has 23 heavy (non-hydrogen) atoms. The molecule has 128 valence electrons. The lowest BCUT2D eigenvalue weighted by atomic mass is 9.97. The van der Waals surface area contributed by atoms with E-state index in [4.69, 9.17) is 9.47 Å². The Morgan fingerprint density at radius 3 is 2.35 bits per heavy atom. The Kier molecular flexibility index (Phi) is 6.19. The van der Waals surface area contributed by atoms with Crippen LogP contribution in [0.25, 0.3) is 0 Å². The Hall–Kier alpha value is -1.39. The van der Waals surface area contributed by atoms with E-state index in [-0.39, 0.29) is 11.9 Å². The number of esters is 1. The first kappa shape index (κ1) is 18.0. The van der Waals surface area contributed by atoms with Gasteiger partial charge in [0, 0.05) is 0 Å². The molecule has 1 aromatic carbocycles. The number of benzene rings is 1. The maximum Gasteiger partial charge on any atom is 0.317 e. The minimum absolute atomic E-state index is 0.146. The number of quaternary nitrogens is 1. The van der Waals surface area contributed by atoms with Crippen LogP contribution in [0.4, 0.5) is 0 Å². The monoisotopic (exact) mass is 320 g/mol. The van der Waals surface area contributed by atoms with Gasteiger partial charge >= 0.3 is 5.97 Å². The van der Waals surface area contributed by atoms with E-state index >= 15 is 0 Å². The third-order valence-electron chi connectivity index (χ3n) is 4.55. The normalized spacial score (nSPS) is 18.7. The molecule has 1 fully saturated rings. The molecular weight excluding hydrogens is 290 g/mol. The number of likely N-dealkylation sites (N-methyl/N-ethyl adjacent to an activating group) is 1. The van der Waals surface area contributed by atoms with Crippen LogP contribution < -0.4 is 0 Å². The second-order valence-corrected chi connectivity index (χ2v) is 7.33. The van der Waals surface area contributed by atoms with Crippen molar-refractivity contribution in [1.82, 2.24) is 0 Å². The van der Waals surface area contributed by atoms with Crippen molar-refractivity contribution >= 4 is 5.97 Å². The van der Waals surface area contributed by atoms with Crippen LogP contribution in [-0.2, 0) is 20.7 Å². The predicted molar refractivity (Wildman–Crippen MR) is 91.1 cm³/mol. The summed E-state index contributed by atoms with van der Waals surface area (Å²) in [7, 11) is 2.11. The first-order valence-electron chi connectivity index (χ1n) is 8.56. The lowest BCUT2D eigenvalue weighted by Crippen LogP contribution is -2.53. The van der Waals surface area contributed by atoms with E-state index in [1.54, 1.807) is 0 Å². The molecule has 0 aromatic heterocycles. The van der Waals surface area contributed by atoms with Gasteiger partial charge in [-0.1, -0.05) is 38.1 Å². The van der Waals surface area contributed by atoms with Crippen LogP contribution in [0.2, 0.25) is 0 Å². The number of morpholine rings is 1. The number of nitrogens with zero attached hydrogens (tertiary/aromatic N) is 1. The Morgan fingerprint density at radius 2 is 1.78 bits per heavy atom. The summed E-state index contributed by atoms with van der Waals surface area (Å²) in [4.78, 5) is 12.3. The first-order chi connectivity index (χ1) is 10.9. The van der Waals surface area contributed by atoms with Gasteiger partial charge in [-0.25, -0.2) is 0 Å². The summed E-state index contributed by atoms with van der Waals surface area (Å²) in [5.41, 5.74) is 2.34. The molecule has 0 bridgehead atoms. The minimum atomic E-state index is -0.226. The number of hydrogen-bond donors (Lipinski definition) is 0. The van der Waals surface area contributed by atoms with Gasteiger partial charge in [-0.05, 0) is 30.4 Å². The molecule has 1 heterocycles. The molecular formula is C19H30NO3+. The van der Waals surface area contributed by atoms with E-state index in [0.29, 0.717) is 12.6 Å². The number of carbonyl (C=O) groups is 1. The van der Waals surface area contributed by atoms with Gasteiger partial charge in [0.1, 0.15) is 13.1 Å². The lowest BCUT2D eigenvalue weighted by Gasteiger charge is -2.36. The lowest BCUT2D eigenvalue weighted by molar-refractivity contribution is -0.932. The average Bonchev–Trinajstić information content (AvgIpc) is 2.53. The molecule has 0 unspecified atom stereocenters. The maximum absolute atomic E-state index is 12.3. The van der Waals surface area contributed by atoms with E-state index in [0.717, 1.165) is 42.8 Å². The van der Waals surface area contributed by atoms with Crippen LogP contribution in [0.1, 0.15) is 37.8 Å². The van der Waals surface area contributed by atoms with E-state index < -0.39 is 0 Å². The largest absolute Gasteiger partial charge is 0.415 e. The summed E-state index contributed by atoms with van der Waals surface area (Å²) in [5, 5.41) is 0. The van der Waals surface area contributed by atoms with Crippen molar-refractivity contribution in [3.63, 3.8) is 0 Å². The first-order valence-corrected chi connectivity index (χ1v) is 8.56. The molecule has 4 nitrogen and oxygen atoms in total. The topological polar surface area (TPSA) is 35.5 Å². The second kappa shape index (κ2) is 7.93. The van der Waals surface area contributed by atoms with Crippen LogP contribution in [0.3, 0.4) is 0 Å². The fourth-order valence-corrected chi connectivity index (χ4v) is 2.81. The third-order valence-corrected chi connectivity index (χ3v) is 4.55. The molecule has 1 aliphatic heterocycles. The fraction of sp³-hybridized carbons (Fsp3) is 0.632. The smallest absolute Gasteiger partial charge is 0.317 e. The summed E-state index contributed by atoms with van der Waals surface area (Å²) >= 11 is 0. The molecule has 1 aromatic rings. The Morgan fingerprint density at radius 1 is 1.17 bits per heavy atom. The Balaban J connectivity index is 1.88. The van der Waals surface area contributed by atoms with Crippen LogP contribution in [0.15, 0.2) is 24.3 Å². The number of hydrogen-bond acceptors (Lipinski definition) is 3. The zero-order valence-electron chi connectivity index (χ0n) is 14.9. The third kappa shape index (κ3) is 5.33. The van der Waals surface area contributed by atoms with Crippen LogP contribution in [0.5, 0.6) is 0 Å². The Bertz CT molecular complexity index is 504. The van der Waals surface area contributed by atoms with Crippen molar-refractivity contribution in [3.8, 4) is 0 Å². The average molecular weight is 320 g/mol. The highest BCUT2D eigenvalue weighted by Gasteiger charge is 2.28.